The fourth-order valence-corrected chi connectivity index (χ4v) is 2.19. The van der Waals surface area contributed by atoms with E-state index in [4.69, 9.17) is 4.74 Å². The number of ether oxygens (including phenoxy) is 1. The summed E-state index contributed by atoms with van der Waals surface area (Å²) in [5, 5.41) is 3.43. The monoisotopic (exact) mass is 269 g/mol. The fourth-order valence-electron chi connectivity index (χ4n) is 2.19. The van der Waals surface area contributed by atoms with E-state index in [0.29, 0.717) is 5.56 Å². The number of hydrogen-bond acceptors (Lipinski definition) is 3. The molecule has 3 nitrogen and oxygen atoms in total. The predicted octanol–water partition coefficient (Wildman–Crippen LogP) is 4.04. The van der Waals surface area contributed by atoms with E-state index in [0.717, 1.165) is 12.1 Å². The van der Waals surface area contributed by atoms with Gasteiger partial charge in [0.25, 0.3) is 0 Å². The molecule has 1 atom stereocenters. The molecule has 0 amide bonds. The lowest BCUT2D eigenvalue weighted by atomic mass is 10.0. The van der Waals surface area contributed by atoms with Gasteiger partial charge >= 0.3 is 5.97 Å². The SMILES string of the molecule is CCC(Nc1ccccc1C(=O)OC)c1ccccc1. The molecule has 0 radical (unpaired) electrons. The quantitative estimate of drug-likeness (QED) is 0.833. The standard InChI is InChI=1S/C17H19NO2/c1-3-15(13-9-5-4-6-10-13)18-16-12-8-7-11-14(16)17(19)20-2/h4-12,15,18H,3H2,1-2H3. The number of esters is 1. The van der Waals surface area contributed by atoms with E-state index in [1.165, 1.54) is 12.7 Å². The highest BCUT2D eigenvalue weighted by Crippen LogP contribution is 2.25. The molecule has 2 aromatic rings. The average Bonchev–Trinajstić information content (AvgIpc) is 2.53. The molecule has 0 bridgehead atoms. The molecule has 2 rings (SSSR count). The van der Waals surface area contributed by atoms with Crippen LogP contribution in [0.3, 0.4) is 0 Å². The van der Waals surface area contributed by atoms with Crippen LogP contribution < -0.4 is 5.32 Å². The van der Waals surface area contributed by atoms with Gasteiger partial charge in [0.2, 0.25) is 0 Å². The number of benzene rings is 2. The summed E-state index contributed by atoms with van der Waals surface area (Å²) in [6.07, 6.45) is 0.930. The van der Waals surface area contributed by atoms with Crippen molar-refractivity contribution in [2.75, 3.05) is 12.4 Å². The van der Waals surface area contributed by atoms with E-state index in [1.807, 2.05) is 36.4 Å². The van der Waals surface area contributed by atoms with E-state index in [2.05, 4.69) is 24.4 Å². The molecule has 0 heterocycles. The molecule has 0 aliphatic rings. The Morgan fingerprint density at radius 1 is 1.10 bits per heavy atom. The third-order valence-corrected chi connectivity index (χ3v) is 3.27. The van der Waals surface area contributed by atoms with Crippen molar-refractivity contribution < 1.29 is 9.53 Å². The Kier molecular flexibility index (Phi) is 4.77. The van der Waals surface area contributed by atoms with E-state index >= 15 is 0 Å². The zero-order valence-corrected chi connectivity index (χ0v) is 11.8. The Morgan fingerprint density at radius 3 is 2.40 bits per heavy atom. The van der Waals surface area contributed by atoms with Gasteiger partial charge < -0.3 is 10.1 Å². The first-order valence-corrected chi connectivity index (χ1v) is 6.75. The first-order valence-electron chi connectivity index (χ1n) is 6.75. The maximum atomic E-state index is 11.8. The zero-order chi connectivity index (χ0) is 14.4. The fraction of sp³-hybridized carbons (Fsp3) is 0.235. The Morgan fingerprint density at radius 2 is 1.75 bits per heavy atom. The number of carbonyl (C=O) groups is 1. The molecule has 3 heteroatoms. The maximum absolute atomic E-state index is 11.8. The third-order valence-electron chi connectivity index (χ3n) is 3.27. The molecular weight excluding hydrogens is 250 g/mol. The summed E-state index contributed by atoms with van der Waals surface area (Å²) in [5.74, 6) is -0.323. The van der Waals surface area contributed by atoms with E-state index in [1.54, 1.807) is 6.07 Å². The topological polar surface area (TPSA) is 38.3 Å². The van der Waals surface area contributed by atoms with Crippen LogP contribution in [-0.2, 0) is 4.74 Å². The van der Waals surface area contributed by atoms with Crippen LogP contribution in [0.25, 0.3) is 0 Å². The van der Waals surface area contributed by atoms with Crippen molar-refractivity contribution in [2.24, 2.45) is 0 Å². The molecule has 0 saturated carbocycles. The lowest BCUT2D eigenvalue weighted by Gasteiger charge is -2.20. The summed E-state index contributed by atoms with van der Waals surface area (Å²) in [4.78, 5) is 11.8. The first-order chi connectivity index (χ1) is 9.76. The second-order valence-electron chi connectivity index (χ2n) is 4.55. The van der Waals surface area contributed by atoms with Crippen molar-refractivity contribution in [3.8, 4) is 0 Å². The van der Waals surface area contributed by atoms with E-state index in [9.17, 15) is 4.79 Å². The molecule has 0 spiro atoms. The summed E-state index contributed by atoms with van der Waals surface area (Å²) in [6.45, 7) is 2.12. The summed E-state index contributed by atoms with van der Waals surface area (Å²) >= 11 is 0. The van der Waals surface area contributed by atoms with Gasteiger partial charge in [-0.15, -0.1) is 0 Å². The van der Waals surface area contributed by atoms with Crippen LogP contribution in [0, 0.1) is 0 Å². The summed E-state index contributed by atoms with van der Waals surface area (Å²) < 4.78 is 4.82. The molecule has 1 unspecified atom stereocenters. The molecule has 0 saturated heterocycles. The number of para-hydroxylation sites is 1. The molecule has 1 N–H and O–H groups in total. The molecule has 20 heavy (non-hydrogen) atoms. The van der Waals surface area contributed by atoms with Gasteiger partial charge in [-0.1, -0.05) is 49.4 Å². The minimum Gasteiger partial charge on any atom is -0.465 e. The Labute approximate surface area is 119 Å². The molecule has 104 valence electrons. The van der Waals surface area contributed by atoms with E-state index in [-0.39, 0.29) is 12.0 Å². The molecular formula is C17H19NO2. The summed E-state index contributed by atoms with van der Waals surface area (Å²) in [6, 6.07) is 17.8. The van der Waals surface area contributed by atoms with Gasteiger partial charge in [0.1, 0.15) is 0 Å². The molecule has 0 fully saturated rings. The Hall–Kier alpha value is -2.29. The number of hydrogen-bond donors (Lipinski definition) is 1. The van der Waals surface area contributed by atoms with Gasteiger partial charge in [0.15, 0.2) is 0 Å². The van der Waals surface area contributed by atoms with Crippen LogP contribution in [0.2, 0.25) is 0 Å². The van der Waals surface area contributed by atoms with Crippen molar-refractivity contribution in [3.05, 3.63) is 65.7 Å². The smallest absolute Gasteiger partial charge is 0.339 e. The number of nitrogens with one attached hydrogen (secondary N) is 1. The van der Waals surface area contributed by atoms with Gasteiger partial charge in [-0.3, -0.25) is 0 Å². The predicted molar refractivity (Wildman–Crippen MR) is 80.9 cm³/mol. The van der Waals surface area contributed by atoms with Crippen LogP contribution in [0.4, 0.5) is 5.69 Å². The van der Waals surface area contributed by atoms with Crippen LogP contribution >= 0.6 is 0 Å². The first kappa shape index (κ1) is 14.1. The molecule has 0 aromatic heterocycles. The second kappa shape index (κ2) is 6.75. The zero-order valence-electron chi connectivity index (χ0n) is 11.8. The van der Waals surface area contributed by atoms with Gasteiger partial charge in [0.05, 0.1) is 18.7 Å². The van der Waals surface area contributed by atoms with Crippen molar-refractivity contribution in [3.63, 3.8) is 0 Å². The summed E-state index contributed by atoms with van der Waals surface area (Å²) in [5.41, 5.74) is 2.56. The lowest BCUT2D eigenvalue weighted by molar-refractivity contribution is 0.0602. The van der Waals surface area contributed by atoms with Crippen molar-refractivity contribution in [1.29, 1.82) is 0 Å². The van der Waals surface area contributed by atoms with Crippen LogP contribution in [0.5, 0.6) is 0 Å². The maximum Gasteiger partial charge on any atom is 0.339 e. The largest absolute Gasteiger partial charge is 0.465 e. The van der Waals surface area contributed by atoms with Crippen LogP contribution in [0.1, 0.15) is 35.3 Å². The van der Waals surface area contributed by atoms with Gasteiger partial charge in [-0.2, -0.15) is 0 Å². The highest BCUT2D eigenvalue weighted by Gasteiger charge is 2.14. The normalized spacial score (nSPS) is 11.7. The minimum atomic E-state index is -0.323. The Balaban J connectivity index is 2.26. The van der Waals surface area contributed by atoms with Crippen LogP contribution in [-0.4, -0.2) is 13.1 Å². The van der Waals surface area contributed by atoms with Crippen molar-refractivity contribution in [1.82, 2.24) is 0 Å². The highest BCUT2D eigenvalue weighted by atomic mass is 16.5. The molecule has 0 aliphatic carbocycles. The van der Waals surface area contributed by atoms with E-state index < -0.39 is 0 Å². The number of methoxy groups -OCH3 is 1. The highest BCUT2D eigenvalue weighted by molar-refractivity contribution is 5.95. The Bertz CT molecular complexity index is 566. The summed E-state index contributed by atoms with van der Waals surface area (Å²) in [7, 11) is 1.40. The lowest BCUT2D eigenvalue weighted by Crippen LogP contribution is -2.13. The van der Waals surface area contributed by atoms with Crippen molar-refractivity contribution >= 4 is 11.7 Å². The average molecular weight is 269 g/mol. The van der Waals surface area contributed by atoms with Gasteiger partial charge in [-0.25, -0.2) is 4.79 Å². The number of rotatable bonds is 5. The minimum absolute atomic E-state index is 0.169. The van der Waals surface area contributed by atoms with Gasteiger partial charge in [-0.05, 0) is 24.1 Å². The third kappa shape index (κ3) is 3.18. The molecule has 0 aliphatic heterocycles. The molecule has 2 aromatic carbocycles. The van der Waals surface area contributed by atoms with Crippen LogP contribution in [0.15, 0.2) is 54.6 Å². The second-order valence-corrected chi connectivity index (χ2v) is 4.55. The number of anilines is 1. The number of carbonyl (C=O) groups excluding carboxylic acids is 1. The van der Waals surface area contributed by atoms with Gasteiger partial charge in [0, 0.05) is 5.69 Å². The van der Waals surface area contributed by atoms with Crippen molar-refractivity contribution in [2.45, 2.75) is 19.4 Å².